The highest BCUT2D eigenvalue weighted by Gasteiger charge is 2.14. The molecule has 18 heavy (non-hydrogen) atoms. The molecule has 2 rings (SSSR count). The Bertz CT molecular complexity index is 859. The smallest absolute Gasteiger partial charge is 0.271 e. The lowest BCUT2D eigenvalue weighted by molar-refractivity contribution is 0.957. The zero-order valence-corrected chi connectivity index (χ0v) is 10.2. The number of aromatic amines is 1. The van der Waals surface area contributed by atoms with Crippen molar-refractivity contribution in [2.75, 3.05) is 0 Å². The predicted octanol–water partition coefficient (Wildman–Crippen LogP) is -0.147. The van der Waals surface area contributed by atoms with Crippen LogP contribution in [0.5, 0.6) is 0 Å². The fraction of sp³-hybridized carbons (Fsp3) is 0.250. The molecular weight excluding hydrogens is 232 g/mol. The SMILES string of the molecule is CC#Cn1c(C)nc2c1c(=O)[nH]c(=O)n2C#CC. The summed E-state index contributed by atoms with van der Waals surface area (Å²) in [6.07, 6.45) is 0. The first-order valence-electron chi connectivity index (χ1n) is 5.20. The minimum Gasteiger partial charge on any atom is -0.271 e. The molecule has 2 aromatic rings. The van der Waals surface area contributed by atoms with Gasteiger partial charge < -0.3 is 0 Å². The van der Waals surface area contributed by atoms with Crippen molar-refractivity contribution in [3.8, 4) is 23.9 Å². The second-order valence-corrected chi connectivity index (χ2v) is 3.48. The van der Waals surface area contributed by atoms with Gasteiger partial charge in [0.15, 0.2) is 11.2 Å². The Labute approximate surface area is 102 Å². The van der Waals surface area contributed by atoms with E-state index in [2.05, 4.69) is 33.9 Å². The number of fused-ring (bicyclic) bond motifs is 1. The third-order valence-corrected chi connectivity index (χ3v) is 2.32. The summed E-state index contributed by atoms with van der Waals surface area (Å²) in [6, 6.07) is 5.34. The lowest BCUT2D eigenvalue weighted by atomic mass is 10.5. The topological polar surface area (TPSA) is 72.7 Å². The van der Waals surface area contributed by atoms with Crippen LogP contribution in [-0.4, -0.2) is 19.1 Å². The van der Waals surface area contributed by atoms with Crippen LogP contribution in [0.15, 0.2) is 9.59 Å². The van der Waals surface area contributed by atoms with Crippen molar-refractivity contribution in [1.29, 1.82) is 0 Å². The number of hydrogen-bond donors (Lipinski definition) is 1. The summed E-state index contributed by atoms with van der Waals surface area (Å²) in [6.45, 7) is 4.96. The van der Waals surface area contributed by atoms with Crippen LogP contribution in [-0.2, 0) is 0 Å². The first-order valence-corrected chi connectivity index (χ1v) is 5.20. The second kappa shape index (κ2) is 4.27. The van der Waals surface area contributed by atoms with Gasteiger partial charge in [-0.3, -0.25) is 9.78 Å². The van der Waals surface area contributed by atoms with Crippen LogP contribution >= 0.6 is 0 Å². The van der Waals surface area contributed by atoms with Crippen molar-refractivity contribution in [3.63, 3.8) is 0 Å². The molecule has 2 aromatic heterocycles. The van der Waals surface area contributed by atoms with E-state index < -0.39 is 11.2 Å². The van der Waals surface area contributed by atoms with Crippen LogP contribution < -0.4 is 11.2 Å². The van der Waals surface area contributed by atoms with Gasteiger partial charge in [-0.15, -0.1) is 0 Å². The van der Waals surface area contributed by atoms with Gasteiger partial charge in [0, 0.05) is 12.1 Å². The van der Waals surface area contributed by atoms with Crippen molar-refractivity contribution in [1.82, 2.24) is 19.1 Å². The number of aromatic nitrogens is 4. The molecule has 2 heterocycles. The van der Waals surface area contributed by atoms with Crippen LogP contribution in [0, 0.1) is 30.9 Å². The average Bonchev–Trinajstić information content (AvgIpc) is 2.63. The third-order valence-electron chi connectivity index (χ3n) is 2.32. The number of nitrogens with one attached hydrogen (secondary N) is 1. The minimum absolute atomic E-state index is 0.221. The van der Waals surface area contributed by atoms with E-state index in [1.54, 1.807) is 20.8 Å². The standard InChI is InChI=1S/C12H10N4O2/c1-4-6-15-8(3)13-10-9(15)11(17)14-12(18)16(10)7-5-2/h1-3H3,(H,14,17,18). The lowest BCUT2D eigenvalue weighted by Crippen LogP contribution is -2.29. The van der Waals surface area contributed by atoms with E-state index in [9.17, 15) is 9.59 Å². The van der Waals surface area contributed by atoms with E-state index in [4.69, 9.17) is 0 Å². The van der Waals surface area contributed by atoms with Crippen LogP contribution in [0.2, 0.25) is 0 Å². The second-order valence-electron chi connectivity index (χ2n) is 3.48. The molecular formula is C12H10N4O2. The molecule has 0 aliphatic carbocycles. The van der Waals surface area contributed by atoms with Crippen LogP contribution in [0.25, 0.3) is 11.2 Å². The van der Waals surface area contributed by atoms with Crippen molar-refractivity contribution in [3.05, 3.63) is 26.7 Å². The Morgan fingerprint density at radius 3 is 2.33 bits per heavy atom. The number of rotatable bonds is 0. The molecule has 0 aromatic carbocycles. The molecule has 1 N–H and O–H groups in total. The Hall–Kier alpha value is -2.73. The van der Waals surface area contributed by atoms with E-state index in [1.807, 2.05) is 0 Å². The molecule has 0 fully saturated rings. The zero-order valence-electron chi connectivity index (χ0n) is 10.2. The van der Waals surface area contributed by atoms with E-state index in [0.29, 0.717) is 5.82 Å². The molecule has 0 spiro atoms. The third kappa shape index (κ3) is 1.61. The zero-order chi connectivity index (χ0) is 13.3. The van der Waals surface area contributed by atoms with Gasteiger partial charge >= 0.3 is 5.69 Å². The molecule has 0 saturated carbocycles. The van der Waals surface area contributed by atoms with Crippen molar-refractivity contribution in [2.24, 2.45) is 0 Å². The van der Waals surface area contributed by atoms with Gasteiger partial charge in [0.25, 0.3) is 5.56 Å². The molecule has 0 aliphatic rings. The summed E-state index contributed by atoms with van der Waals surface area (Å²) in [5.74, 6) is 5.83. The first kappa shape index (κ1) is 11.7. The van der Waals surface area contributed by atoms with Gasteiger partial charge in [-0.2, -0.15) is 0 Å². The molecule has 0 unspecified atom stereocenters. The molecule has 6 nitrogen and oxygen atoms in total. The van der Waals surface area contributed by atoms with Gasteiger partial charge in [0.1, 0.15) is 5.82 Å². The molecule has 6 heteroatoms. The molecule has 0 radical (unpaired) electrons. The number of imidazole rings is 1. The van der Waals surface area contributed by atoms with E-state index >= 15 is 0 Å². The Kier molecular flexibility index (Phi) is 2.78. The average molecular weight is 242 g/mol. The maximum atomic E-state index is 11.8. The molecule has 90 valence electrons. The van der Waals surface area contributed by atoms with Crippen LogP contribution in [0.4, 0.5) is 0 Å². The molecule has 0 atom stereocenters. The first-order chi connectivity index (χ1) is 8.60. The van der Waals surface area contributed by atoms with Gasteiger partial charge in [0.05, 0.1) is 0 Å². The summed E-state index contributed by atoms with van der Waals surface area (Å²) in [4.78, 5) is 29.8. The van der Waals surface area contributed by atoms with Crippen molar-refractivity contribution < 1.29 is 0 Å². The van der Waals surface area contributed by atoms with Crippen LogP contribution in [0.3, 0.4) is 0 Å². The maximum Gasteiger partial charge on any atom is 0.342 e. The lowest BCUT2D eigenvalue weighted by Gasteiger charge is -1.96. The minimum atomic E-state index is -0.601. The van der Waals surface area contributed by atoms with Gasteiger partial charge in [-0.05, 0) is 20.8 Å². The largest absolute Gasteiger partial charge is 0.342 e. The Morgan fingerprint density at radius 2 is 1.72 bits per heavy atom. The van der Waals surface area contributed by atoms with Gasteiger partial charge in [-0.25, -0.2) is 18.9 Å². The highest BCUT2D eigenvalue weighted by Crippen LogP contribution is 2.08. The summed E-state index contributed by atoms with van der Waals surface area (Å²) < 4.78 is 2.55. The fourth-order valence-electron chi connectivity index (χ4n) is 1.65. The van der Waals surface area contributed by atoms with Crippen molar-refractivity contribution in [2.45, 2.75) is 20.8 Å². The van der Waals surface area contributed by atoms with Crippen LogP contribution in [0.1, 0.15) is 19.7 Å². The summed E-state index contributed by atoms with van der Waals surface area (Å²) >= 11 is 0. The number of H-pyrrole nitrogens is 1. The number of nitrogens with zero attached hydrogens (tertiary/aromatic N) is 3. The Balaban J connectivity index is 3.10. The van der Waals surface area contributed by atoms with E-state index in [1.165, 1.54) is 4.57 Å². The van der Waals surface area contributed by atoms with E-state index in [-0.39, 0.29) is 11.2 Å². The highest BCUT2D eigenvalue weighted by molar-refractivity contribution is 5.73. The predicted molar refractivity (Wildman–Crippen MR) is 67.0 cm³/mol. The summed E-state index contributed by atoms with van der Waals surface area (Å²) in [7, 11) is 0. The van der Waals surface area contributed by atoms with Gasteiger partial charge in [-0.1, -0.05) is 11.8 Å². The number of aryl methyl sites for hydroxylation is 1. The molecule has 0 bridgehead atoms. The molecule has 0 saturated heterocycles. The quantitative estimate of drug-likeness (QED) is 0.653. The normalized spacial score (nSPS) is 9.50. The summed E-state index contributed by atoms with van der Waals surface area (Å²) in [5, 5.41) is 0. The van der Waals surface area contributed by atoms with Gasteiger partial charge in [0.2, 0.25) is 0 Å². The monoisotopic (exact) mass is 242 g/mol. The molecule has 0 aliphatic heterocycles. The van der Waals surface area contributed by atoms with E-state index in [0.717, 1.165) is 4.57 Å². The highest BCUT2D eigenvalue weighted by atomic mass is 16.2. The summed E-state index contributed by atoms with van der Waals surface area (Å²) in [5.41, 5.74) is -0.675. The Morgan fingerprint density at radius 1 is 1.11 bits per heavy atom. The molecule has 0 amide bonds. The van der Waals surface area contributed by atoms with Crippen molar-refractivity contribution >= 4 is 11.2 Å². The number of hydrogen-bond acceptors (Lipinski definition) is 3. The fourth-order valence-corrected chi connectivity index (χ4v) is 1.65. The maximum absolute atomic E-state index is 11.8.